The van der Waals surface area contributed by atoms with Crippen molar-refractivity contribution in [3.8, 4) is 0 Å². The van der Waals surface area contributed by atoms with Gasteiger partial charge in [-0.1, -0.05) is 12.8 Å². The minimum absolute atomic E-state index is 0.0439. The number of hydrogen-bond acceptors (Lipinski definition) is 9. The Balaban J connectivity index is 1.03. The molecule has 1 aliphatic carbocycles. The van der Waals surface area contributed by atoms with Crippen LogP contribution in [-0.2, 0) is 19.2 Å². The van der Waals surface area contributed by atoms with Crippen molar-refractivity contribution in [3.63, 3.8) is 0 Å². The Bertz CT molecular complexity index is 619. The van der Waals surface area contributed by atoms with Crippen LogP contribution in [-0.4, -0.2) is 81.2 Å². The smallest absolute Gasteiger partial charge is 0.237 e. The fourth-order valence-electron chi connectivity index (χ4n) is 5.09. The molecule has 0 aromatic carbocycles. The minimum Gasteiger partial charge on any atom is -0.379 e. The number of ether oxygens (including phenoxy) is 1. The van der Waals surface area contributed by atoms with Crippen LogP contribution < -0.4 is 32.3 Å². The van der Waals surface area contributed by atoms with Crippen LogP contribution in [0.2, 0.25) is 0 Å². The van der Waals surface area contributed by atoms with E-state index in [2.05, 4.69) is 37.2 Å². The molecule has 4 rings (SSSR count). The van der Waals surface area contributed by atoms with E-state index in [4.69, 9.17) is 9.57 Å². The van der Waals surface area contributed by atoms with Crippen molar-refractivity contribution in [2.45, 2.75) is 63.5 Å². The Morgan fingerprint density at radius 3 is 2.88 bits per heavy atom. The molecule has 4 aliphatic rings. The van der Waals surface area contributed by atoms with Gasteiger partial charge in [0.2, 0.25) is 11.8 Å². The van der Waals surface area contributed by atoms with Crippen molar-refractivity contribution in [2.75, 3.05) is 45.9 Å². The van der Waals surface area contributed by atoms with Gasteiger partial charge in [-0.05, 0) is 32.2 Å². The third kappa shape index (κ3) is 6.83. The van der Waals surface area contributed by atoms with E-state index in [-0.39, 0.29) is 36.3 Å². The zero-order valence-electron chi connectivity index (χ0n) is 18.9. The zero-order chi connectivity index (χ0) is 22.2. The van der Waals surface area contributed by atoms with Gasteiger partial charge < -0.3 is 15.4 Å². The number of hydrogen-bond donors (Lipinski definition) is 6. The summed E-state index contributed by atoms with van der Waals surface area (Å²) in [6.45, 7) is 5.72. The van der Waals surface area contributed by atoms with E-state index in [1.165, 1.54) is 6.42 Å². The molecular weight excluding hydrogens is 414 g/mol. The molecular formula is C21H39N7O4. The third-order valence-corrected chi connectivity index (χ3v) is 6.89. The molecule has 5 unspecified atom stereocenters. The van der Waals surface area contributed by atoms with E-state index >= 15 is 0 Å². The zero-order valence-corrected chi connectivity index (χ0v) is 18.9. The summed E-state index contributed by atoms with van der Waals surface area (Å²) in [5, 5.41) is 9.88. The molecule has 3 saturated heterocycles. The van der Waals surface area contributed by atoms with Crippen LogP contribution in [0.3, 0.4) is 0 Å². The lowest BCUT2D eigenvalue weighted by Crippen LogP contribution is -2.64. The number of morpholine rings is 1. The van der Waals surface area contributed by atoms with Crippen molar-refractivity contribution in [1.29, 1.82) is 0 Å². The molecule has 1 saturated carbocycles. The van der Waals surface area contributed by atoms with Gasteiger partial charge in [-0.3, -0.25) is 30.1 Å². The highest BCUT2D eigenvalue weighted by atomic mass is 16.7. The average molecular weight is 454 g/mol. The molecule has 6 N–H and O–H groups in total. The lowest BCUT2D eigenvalue weighted by atomic mass is 9.76. The number of hydroxylamine groups is 1. The highest BCUT2D eigenvalue weighted by molar-refractivity contribution is 5.79. The number of nitrogens with one attached hydrogen (secondary N) is 6. The first-order valence-electron chi connectivity index (χ1n) is 12.2. The Labute approximate surface area is 190 Å². The highest BCUT2D eigenvalue weighted by Gasteiger charge is 2.39. The summed E-state index contributed by atoms with van der Waals surface area (Å²) in [4.78, 5) is 32.1. The van der Waals surface area contributed by atoms with E-state index in [0.29, 0.717) is 25.3 Å². The van der Waals surface area contributed by atoms with Crippen LogP contribution in [0.5, 0.6) is 0 Å². The Hall–Kier alpha value is -1.34. The number of amides is 2. The lowest BCUT2D eigenvalue weighted by Gasteiger charge is -2.41. The van der Waals surface area contributed by atoms with Crippen molar-refractivity contribution in [3.05, 3.63) is 0 Å². The van der Waals surface area contributed by atoms with Crippen LogP contribution >= 0.6 is 0 Å². The first-order chi connectivity index (χ1) is 15.7. The Kier molecular flexibility index (Phi) is 9.09. The van der Waals surface area contributed by atoms with E-state index in [9.17, 15) is 9.59 Å². The molecule has 32 heavy (non-hydrogen) atoms. The second-order valence-corrected chi connectivity index (χ2v) is 9.22. The summed E-state index contributed by atoms with van der Waals surface area (Å²) in [5.74, 6) is 0.647. The summed E-state index contributed by atoms with van der Waals surface area (Å²) in [6.07, 6.45) is 6.33. The van der Waals surface area contributed by atoms with Gasteiger partial charge in [-0.25, -0.2) is 5.43 Å². The molecule has 3 heterocycles. The van der Waals surface area contributed by atoms with Crippen LogP contribution in [0.4, 0.5) is 0 Å². The van der Waals surface area contributed by atoms with Gasteiger partial charge in [0.1, 0.15) is 6.23 Å². The fraction of sp³-hybridized carbons (Fsp3) is 0.905. The SMILES string of the molecule is O=C(CCC1NC(CN2CCOCC2)NO1)NCCCNC1NNC(=O)C2CCCCC12. The summed E-state index contributed by atoms with van der Waals surface area (Å²) >= 11 is 0. The van der Waals surface area contributed by atoms with Gasteiger partial charge >= 0.3 is 0 Å². The van der Waals surface area contributed by atoms with Crippen LogP contribution in [0.1, 0.15) is 44.9 Å². The summed E-state index contributed by atoms with van der Waals surface area (Å²) in [7, 11) is 0. The highest BCUT2D eigenvalue weighted by Crippen LogP contribution is 2.33. The van der Waals surface area contributed by atoms with Gasteiger partial charge in [-0.2, -0.15) is 5.48 Å². The predicted octanol–water partition coefficient (Wildman–Crippen LogP) is -1.26. The van der Waals surface area contributed by atoms with E-state index in [1.807, 2.05) is 0 Å². The van der Waals surface area contributed by atoms with E-state index in [0.717, 1.165) is 65.1 Å². The summed E-state index contributed by atoms with van der Waals surface area (Å²) < 4.78 is 5.37. The molecule has 4 fully saturated rings. The number of carbonyl (C=O) groups excluding carboxylic acids is 2. The molecule has 3 aliphatic heterocycles. The van der Waals surface area contributed by atoms with E-state index in [1.54, 1.807) is 0 Å². The van der Waals surface area contributed by atoms with Crippen LogP contribution in [0, 0.1) is 11.8 Å². The number of fused-ring (bicyclic) bond motifs is 1. The molecule has 0 bridgehead atoms. The molecule has 0 aromatic heterocycles. The van der Waals surface area contributed by atoms with Crippen molar-refractivity contribution in [1.82, 2.24) is 37.2 Å². The molecule has 182 valence electrons. The monoisotopic (exact) mass is 453 g/mol. The lowest BCUT2D eigenvalue weighted by molar-refractivity contribution is -0.134. The summed E-state index contributed by atoms with van der Waals surface area (Å²) in [5.41, 5.74) is 8.95. The maximum atomic E-state index is 12.2. The van der Waals surface area contributed by atoms with Gasteiger partial charge in [0.25, 0.3) is 0 Å². The first kappa shape index (κ1) is 23.8. The third-order valence-electron chi connectivity index (χ3n) is 6.89. The normalized spacial score (nSPS) is 33.5. The molecule has 0 radical (unpaired) electrons. The number of rotatable bonds is 10. The molecule has 11 nitrogen and oxygen atoms in total. The molecule has 2 amide bonds. The van der Waals surface area contributed by atoms with Gasteiger partial charge in [0, 0.05) is 44.4 Å². The maximum Gasteiger partial charge on any atom is 0.237 e. The average Bonchev–Trinajstić information content (AvgIpc) is 3.27. The minimum atomic E-state index is -0.149. The molecule has 11 heteroatoms. The quantitative estimate of drug-likeness (QED) is 0.225. The number of hydrazine groups is 1. The first-order valence-corrected chi connectivity index (χ1v) is 12.2. The van der Waals surface area contributed by atoms with Gasteiger partial charge in [-0.15, -0.1) is 0 Å². The topological polar surface area (TPSA) is 128 Å². The van der Waals surface area contributed by atoms with Crippen LogP contribution in [0.25, 0.3) is 0 Å². The van der Waals surface area contributed by atoms with Crippen molar-refractivity contribution in [2.24, 2.45) is 11.8 Å². The number of carbonyl (C=O) groups is 2. The predicted molar refractivity (Wildman–Crippen MR) is 118 cm³/mol. The van der Waals surface area contributed by atoms with E-state index < -0.39 is 0 Å². The second-order valence-electron chi connectivity index (χ2n) is 9.22. The second kappa shape index (κ2) is 12.2. The molecule has 0 aromatic rings. The number of nitrogens with zero attached hydrogens (tertiary/aromatic N) is 1. The molecule has 0 spiro atoms. The summed E-state index contributed by atoms with van der Waals surface area (Å²) in [6, 6.07) is 0. The van der Waals surface area contributed by atoms with Gasteiger partial charge in [0.15, 0.2) is 0 Å². The standard InChI is InChI=1S/C21H39N7O4/c29-18(6-7-19-24-17(27-32-19)14-28-10-12-31-13-11-28)22-8-3-9-23-20-15-4-1-2-5-16(15)21(30)26-25-20/h15-17,19-20,23-25,27H,1-14H2,(H,22,29)(H,26,30). The van der Waals surface area contributed by atoms with Crippen molar-refractivity contribution < 1.29 is 19.2 Å². The largest absolute Gasteiger partial charge is 0.379 e. The van der Waals surface area contributed by atoms with Crippen LogP contribution in [0.15, 0.2) is 0 Å². The fourth-order valence-corrected chi connectivity index (χ4v) is 5.09. The maximum absolute atomic E-state index is 12.2. The Morgan fingerprint density at radius 2 is 2.00 bits per heavy atom. The Morgan fingerprint density at radius 1 is 1.16 bits per heavy atom. The van der Waals surface area contributed by atoms with Crippen molar-refractivity contribution >= 4 is 11.8 Å². The molecule has 5 atom stereocenters. The van der Waals surface area contributed by atoms with Gasteiger partial charge in [0.05, 0.1) is 25.5 Å².